The molecule has 40 heavy (non-hydrogen) atoms. The zero-order chi connectivity index (χ0) is 26.0. The number of rotatable bonds is 0. The van der Waals surface area contributed by atoms with Crippen LogP contribution in [-0.4, -0.2) is 4.98 Å². The van der Waals surface area contributed by atoms with Crippen molar-refractivity contribution < 1.29 is 0 Å². The first kappa shape index (κ1) is 20.8. The van der Waals surface area contributed by atoms with Gasteiger partial charge in [0.05, 0.1) is 16.4 Å². The molecule has 0 bridgehead atoms. The van der Waals surface area contributed by atoms with Crippen LogP contribution in [0.25, 0.3) is 65.6 Å². The minimum Gasteiger partial charge on any atom is -0.353 e. The molecule has 8 aromatic rings. The first-order valence-electron chi connectivity index (χ1n) is 14.0. The maximum atomic E-state index is 3.98. The average Bonchev–Trinajstić information content (AvgIpc) is 3.65. The van der Waals surface area contributed by atoms with Crippen molar-refractivity contribution in [2.75, 3.05) is 0 Å². The number of nitrogens with one attached hydrogen (secondary N) is 1. The summed E-state index contributed by atoms with van der Waals surface area (Å²) in [5.74, 6) is 0. The van der Waals surface area contributed by atoms with Gasteiger partial charge >= 0.3 is 0 Å². The van der Waals surface area contributed by atoms with Crippen LogP contribution in [0.5, 0.6) is 0 Å². The van der Waals surface area contributed by atoms with Crippen LogP contribution in [-0.2, 0) is 5.41 Å². The zero-order valence-electron chi connectivity index (χ0n) is 21.7. The van der Waals surface area contributed by atoms with Crippen LogP contribution in [0.3, 0.4) is 0 Å². The Morgan fingerprint density at radius 1 is 0.350 bits per heavy atom. The Hall–Kier alpha value is -5.14. The van der Waals surface area contributed by atoms with Crippen LogP contribution in [0.15, 0.2) is 133 Å². The van der Waals surface area contributed by atoms with Gasteiger partial charge in [0.15, 0.2) is 0 Å². The molecule has 1 spiro atoms. The van der Waals surface area contributed by atoms with E-state index in [9.17, 15) is 0 Å². The third kappa shape index (κ3) is 2.25. The number of hydrogen-bond donors (Lipinski definition) is 1. The van der Waals surface area contributed by atoms with Gasteiger partial charge in [-0.2, -0.15) is 0 Å². The van der Waals surface area contributed by atoms with Crippen molar-refractivity contribution >= 4 is 43.4 Å². The molecular formula is C39H23N. The molecule has 0 amide bonds. The maximum Gasteiger partial charge on any atom is 0.0726 e. The van der Waals surface area contributed by atoms with Gasteiger partial charge < -0.3 is 4.98 Å². The lowest BCUT2D eigenvalue weighted by atomic mass is 9.70. The van der Waals surface area contributed by atoms with E-state index in [2.05, 4.69) is 138 Å². The third-order valence-electron chi connectivity index (χ3n) is 9.61. The van der Waals surface area contributed by atoms with E-state index in [1.807, 2.05) is 0 Å². The van der Waals surface area contributed by atoms with Gasteiger partial charge in [-0.1, -0.05) is 133 Å². The Bertz CT molecular complexity index is 2340. The van der Waals surface area contributed by atoms with E-state index in [1.54, 1.807) is 0 Å². The van der Waals surface area contributed by atoms with Gasteiger partial charge in [0.1, 0.15) is 0 Å². The zero-order valence-corrected chi connectivity index (χ0v) is 21.7. The van der Waals surface area contributed by atoms with E-state index >= 15 is 0 Å². The summed E-state index contributed by atoms with van der Waals surface area (Å²) in [6.07, 6.45) is 0. The van der Waals surface area contributed by atoms with Crippen molar-refractivity contribution in [3.63, 3.8) is 0 Å². The molecule has 1 nitrogen and oxygen atoms in total. The van der Waals surface area contributed by atoms with Crippen molar-refractivity contribution in [3.05, 3.63) is 156 Å². The molecule has 1 N–H and O–H groups in total. The van der Waals surface area contributed by atoms with Gasteiger partial charge in [-0.25, -0.2) is 0 Å². The number of H-pyrrole nitrogens is 1. The molecule has 0 unspecified atom stereocenters. The molecule has 0 saturated heterocycles. The van der Waals surface area contributed by atoms with Crippen LogP contribution in [0.1, 0.15) is 22.3 Å². The Kier molecular flexibility index (Phi) is 3.68. The number of aromatic amines is 1. The monoisotopic (exact) mass is 505 g/mol. The van der Waals surface area contributed by atoms with Crippen LogP contribution in [0.2, 0.25) is 0 Å². The number of aromatic nitrogens is 1. The van der Waals surface area contributed by atoms with Crippen molar-refractivity contribution in [1.29, 1.82) is 0 Å². The predicted octanol–water partition coefficient (Wildman–Crippen LogP) is 9.97. The molecule has 184 valence electrons. The summed E-state index contributed by atoms with van der Waals surface area (Å²) in [6, 6.07) is 49.7. The van der Waals surface area contributed by atoms with E-state index in [4.69, 9.17) is 0 Å². The lowest BCUT2D eigenvalue weighted by molar-refractivity contribution is 0.795. The van der Waals surface area contributed by atoms with E-state index in [1.165, 1.54) is 87.9 Å². The second-order valence-corrected chi connectivity index (χ2v) is 11.3. The Morgan fingerprint density at radius 3 is 1.65 bits per heavy atom. The molecule has 1 heteroatoms. The molecule has 0 radical (unpaired) electrons. The highest BCUT2D eigenvalue weighted by Gasteiger charge is 2.52. The smallest absolute Gasteiger partial charge is 0.0726 e. The largest absolute Gasteiger partial charge is 0.353 e. The quantitative estimate of drug-likeness (QED) is 0.211. The summed E-state index contributed by atoms with van der Waals surface area (Å²) in [6.45, 7) is 0. The SMILES string of the molecule is c1ccc2c(c1)-c1ccccc1C21c2ccc3ccccc3c2-c2c1ccc1c2[nH]c2c3ccccc3ccc12. The molecule has 2 aliphatic carbocycles. The Morgan fingerprint density at radius 2 is 0.875 bits per heavy atom. The highest BCUT2D eigenvalue weighted by atomic mass is 14.7. The van der Waals surface area contributed by atoms with Crippen molar-refractivity contribution in [2.24, 2.45) is 0 Å². The van der Waals surface area contributed by atoms with Crippen LogP contribution in [0, 0.1) is 0 Å². The lowest BCUT2D eigenvalue weighted by Gasteiger charge is -2.30. The van der Waals surface area contributed by atoms with E-state index < -0.39 is 0 Å². The van der Waals surface area contributed by atoms with Crippen molar-refractivity contribution in [2.45, 2.75) is 5.41 Å². The van der Waals surface area contributed by atoms with E-state index in [0.717, 1.165) is 0 Å². The maximum absolute atomic E-state index is 3.98. The van der Waals surface area contributed by atoms with Crippen molar-refractivity contribution in [1.82, 2.24) is 4.98 Å². The number of benzene rings is 7. The van der Waals surface area contributed by atoms with Crippen LogP contribution in [0.4, 0.5) is 0 Å². The summed E-state index contributed by atoms with van der Waals surface area (Å²) >= 11 is 0. The Balaban J connectivity index is 1.47. The average molecular weight is 506 g/mol. The number of fused-ring (bicyclic) bond motifs is 18. The van der Waals surface area contributed by atoms with E-state index in [-0.39, 0.29) is 5.41 Å². The second kappa shape index (κ2) is 7.08. The van der Waals surface area contributed by atoms with Crippen LogP contribution >= 0.6 is 0 Å². The fourth-order valence-corrected chi connectivity index (χ4v) is 8.10. The molecule has 0 fully saturated rings. The molecule has 0 aliphatic heterocycles. The summed E-state index contributed by atoms with van der Waals surface area (Å²) < 4.78 is 0. The normalized spacial score (nSPS) is 14.2. The first-order valence-corrected chi connectivity index (χ1v) is 14.0. The number of hydrogen-bond acceptors (Lipinski definition) is 0. The van der Waals surface area contributed by atoms with Crippen LogP contribution < -0.4 is 0 Å². The summed E-state index contributed by atoms with van der Waals surface area (Å²) in [5, 5.41) is 7.70. The molecular weight excluding hydrogens is 482 g/mol. The molecule has 0 atom stereocenters. The minimum atomic E-state index is -0.352. The fraction of sp³-hybridized carbons (Fsp3) is 0.0256. The lowest BCUT2D eigenvalue weighted by Crippen LogP contribution is -2.25. The van der Waals surface area contributed by atoms with Gasteiger partial charge in [0.25, 0.3) is 0 Å². The molecule has 1 heterocycles. The molecule has 2 aliphatic rings. The standard InChI is InChI=1S/C39H23N/c1-3-11-25-23(9-1)18-21-33-35(25)36-34(39(33)31-15-7-5-13-27(31)28-14-6-8-16-32(28)39)22-20-30-29-19-17-24-10-2-4-12-26(24)37(29)40-38(30)36/h1-22,40H. The Labute approximate surface area is 231 Å². The fourth-order valence-electron chi connectivity index (χ4n) is 8.10. The van der Waals surface area contributed by atoms with Gasteiger partial charge in [-0.3, -0.25) is 0 Å². The molecule has 10 rings (SSSR count). The first-order chi connectivity index (χ1) is 19.9. The van der Waals surface area contributed by atoms with Gasteiger partial charge in [0, 0.05) is 21.7 Å². The topological polar surface area (TPSA) is 15.8 Å². The van der Waals surface area contributed by atoms with Gasteiger partial charge in [-0.15, -0.1) is 0 Å². The molecule has 0 saturated carbocycles. The summed E-state index contributed by atoms with van der Waals surface area (Å²) in [5.41, 5.74) is 13.0. The highest BCUT2D eigenvalue weighted by molar-refractivity contribution is 6.22. The van der Waals surface area contributed by atoms with E-state index in [0.29, 0.717) is 0 Å². The molecule has 1 aromatic heterocycles. The van der Waals surface area contributed by atoms with Gasteiger partial charge in [-0.05, 0) is 55.1 Å². The molecule has 7 aromatic carbocycles. The highest BCUT2D eigenvalue weighted by Crippen LogP contribution is 2.64. The van der Waals surface area contributed by atoms with Crippen molar-refractivity contribution in [3.8, 4) is 22.3 Å². The second-order valence-electron chi connectivity index (χ2n) is 11.3. The summed E-state index contributed by atoms with van der Waals surface area (Å²) in [7, 11) is 0. The van der Waals surface area contributed by atoms with Gasteiger partial charge in [0.2, 0.25) is 0 Å². The predicted molar refractivity (Wildman–Crippen MR) is 167 cm³/mol. The summed E-state index contributed by atoms with van der Waals surface area (Å²) in [4.78, 5) is 3.98. The third-order valence-corrected chi connectivity index (χ3v) is 9.61. The minimum absolute atomic E-state index is 0.352.